The molecular formula is C9H12N2O3. The first-order valence-corrected chi connectivity index (χ1v) is 4.37. The number of carboxylic acids is 1. The highest BCUT2D eigenvalue weighted by Gasteiger charge is 2.33. The molecule has 1 rings (SSSR count). The standard InChI is InChI=1S/C9H12N2O3/c1-2-5-10-9(14)11-6-3-4-7(11)8(12)13/h1,7H,3-6H2,(H,10,14)(H,12,13)/t7-/m1/s1. The van der Waals surface area contributed by atoms with Crippen molar-refractivity contribution in [3.8, 4) is 12.3 Å². The Labute approximate surface area is 82.1 Å². The Bertz CT molecular complexity index is 282. The lowest BCUT2D eigenvalue weighted by Gasteiger charge is -2.20. The summed E-state index contributed by atoms with van der Waals surface area (Å²) < 4.78 is 0. The number of nitrogens with one attached hydrogen (secondary N) is 1. The van der Waals surface area contributed by atoms with E-state index in [0.717, 1.165) is 6.42 Å². The maximum atomic E-state index is 11.4. The molecule has 0 bridgehead atoms. The molecule has 2 amide bonds. The number of carbonyl (C=O) groups is 2. The molecule has 1 aliphatic heterocycles. The van der Waals surface area contributed by atoms with Crippen molar-refractivity contribution in [2.45, 2.75) is 18.9 Å². The zero-order chi connectivity index (χ0) is 10.6. The molecule has 1 aliphatic rings. The number of amides is 2. The third-order valence-corrected chi connectivity index (χ3v) is 2.14. The van der Waals surface area contributed by atoms with Crippen LogP contribution in [0.2, 0.25) is 0 Å². The van der Waals surface area contributed by atoms with Gasteiger partial charge >= 0.3 is 12.0 Å². The Kier molecular flexibility index (Phi) is 3.35. The SMILES string of the molecule is C#CCNC(=O)N1CCC[C@@H]1C(=O)O. The zero-order valence-electron chi connectivity index (χ0n) is 7.69. The van der Waals surface area contributed by atoms with E-state index in [4.69, 9.17) is 11.5 Å². The fourth-order valence-corrected chi connectivity index (χ4v) is 1.49. The number of hydrogen-bond acceptors (Lipinski definition) is 2. The minimum atomic E-state index is -0.960. The number of aliphatic carboxylic acids is 1. The molecule has 5 heteroatoms. The molecule has 5 nitrogen and oxygen atoms in total. The lowest BCUT2D eigenvalue weighted by molar-refractivity contribution is -0.141. The molecule has 14 heavy (non-hydrogen) atoms. The maximum absolute atomic E-state index is 11.4. The minimum Gasteiger partial charge on any atom is -0.480 e. The van der Waals surface area contributed by atoms with Crippen LogP contribution in [0.15, 0.2) is 0 Å². The van der Waals surface area contributed by atoms with Gasteiger partial charge in [-0.2, -0.15) is 0 Å². The third-order valence-electron chi connectivity index (χ3n) is 2.14. The van der Waals surface area contributed by atoms with Crippen LogP contribution in [0.3, 0.4) is 0 Å². The molecule has 1 saturated heterocycles. The molecule has 0 aromatic rings. The van der Waals surface area contributed by atoms with E-state index in [0.29, 0.717) is 13.0 Å². The van der Waals surface area contributed by atoms with Crippen molar-refractivity contribution in [3.63, 3.8) is 0 Å². The van der Waals surface area contributed by atoms with Crippen LogP contribution in [-0.2, 0) is 4.79 Å². The van der Waals surface area contributed by atoms with Gasteiger partial charge in [-0.1, -0.05) is 5.92 Å². The van der Waals surface area contributed by atoms with Crippen LogP contribution in [0.25, 0.3) is 0 Å². The number of terminal acetylenes is 1. The molecule has 0 aromatic heterocycles. The molecule has 76 valence electrons. The average Bonchev–Trinajstić information content (AvgIpc) is 2.62. The van der Waals surface area contributed by atoms with Crippen LogP contribution < -0.4 is 5.32 Å². The predicted octanol–water partition coefficient (Wildman–Crippen LogP) is -0.122. The number of urea groups is 1. The topological polar surface area (TPSA) is 69.6 Å². The molecule has 2 N–H and O–H groups in total. The quantitative estimate of drug-likeness (QED) is 0.605. The fraction of sp³-hybridized carbons (Fsp3) is 0.556. The molecule has 1 heterocycles. The Morgan fingerprint density at radius 1 is 1.64 bits per heavy atom. The Balaban J connectivity index is 2.54. The molecular weight excluding hydrogens is 184 g/mol. The van der Waals surface area contributed by atoms with Crippen molar-refractivity contribution in [2.75, 3.05) is 13.1 Å². The first-order chi connectivity index (χ1) is 6.66. The first-order valence-electron chi connectivity index (χ1n) is 4.37. The van der Waals surface area contributed by atoms with Crippen molar-refractivity contribution in [1.82, 2.24) is 10.2 Å². The van der Waals surface area contributed by atoms with Crippen molar-refractivity contribution >= 4 is 12.0 Å². The summed E-state index contributed by atoms with van der Waals surface area (Å²) in [5, 5.41) is 11.2. The highest BCUT2D eigenvalue weighted by atomic mass is 16.4. The highest BCUT2D eigenvalue weighted by Crippen LogP contribution is 2.16. The Morgan fingerprint density at radius 3 is 2.93 bits per heavy atom. The second-order valence-corrected chi connectivity index (χ2v) is 3.05. The van der Waals surface area contributed by atoms with Gasteiger partial charge in [0.1, 0.15) is 6.04 Å². The number of likely N-dealkylation sites (tertiary alicyclic amines) is 1. The number of nitrogens with zero attached hydrogens (tertiary/aromatic N) is 1. The number of carbonyl (C=O) groups excluding carboxylic acids is 1. The van der Waals surface area contributed by atoms with Crippen LogP contribution >= 0.6 is 0 Å². The van der Waals surface area contributed by atoms with Gasteiger partial charge in [-0.3, -0.25) is 0 Å². The summed E-state index contributed by atoms with van der Waals surface area (Å²) in [6.07, 6.45) is 6.21. The second kappa shape index (κ2) is 4.51. The van der Waals surface area contributed by atoms with Gasteiger partial charge in [0.2, 0.25) is 0 Å². The van der Waals surface area contributed by atoms with Crippen molar-refractivity contribution in [1.29, 1.82) is 0 Å². The van der Waals surface area contributed by atoms with E-state index in [-0.39, 0.29) is 6.54 Å². The summed E-state index contributed by atoms with van der Waals surface area (Å²) >= 11 is 0. The van der Waals surface area contributed by atoms with Gasteiger partial charge in [-0.05, 0) is 12.8 Å². The van der Waals surface area contributed by atoms with E-state index in [1.165, 1.54) is 4.90 Å². The largest absolute Gasteiger partial charge is 0.480 e. The van der Waals surface area contributed by atoms with E-state index in [9.17, 15) is 9.59 Å². The second-order valence-electron chi connectivity index (χ2n) is 3.05. The van der Waals surface area contributed by atoms with E-state index in [1.807, 2.05) is 0 Å². The summed E-state index contributed by atoms with van der Waals surface area (Å²) in [6.45, 7) is 0.606. The van der Waals surface area contributed by atoms with Crippen LogP contribution in [0, 0.1) is 12.3 Å². The van der Waals surface area contributed by atoms with Crippen molar-refractivity contribution in [3.05, 3.63) is 0 Å². The molecule has 1 fully saturated rings. The van der Waals surface area contributed by atoms with Gasteiger partial charge in [0.15, 0.2) is 0 Å². The molecule has 0 aliphatic carbocycles. The van der Waals surface area contributed by atoms with E-state index >= 15 is 0 Å². The molecule has 0 radical (unpaired) electrons. The lowest BCUT2D eigenvalue weighted by Crippen LogP contribution is -2.46. The highest BCUT2D eigenvalue weighted by molar-refractivity contribution is 5.83. The average molecular weight is 196 g/mol. The molecule has 0 saturated carbocycles. The van der Waals surface area contributed by atoms with Gasteiger partial charge in [0.25, 0.3) is 0 Å². The fourth-order valence-electron chi connectivity index (χ4n) is 1.49. The molecule has 0 spiro atoms. The zero-order valence-corrected chi connectivity index (χ0v) is 7.69. The van der Waals surface area contributed by atoms with Crippen LogP contribution in [0.5, 0.6) is 0 Å². The van der Waals surface area contributed by atoms with Crippen LogP contribution in [0.1, 0.15) is 12.8 Å². The van der Waals surface area contributed by atoms with E-state index in [1.54, 1.807) is 0 Å². The summed E-state index contributed by atoms with van der Waals surface area (Å²) in [6, 6.07) is -1.10. The Morgan fingerprint density at radius 2 is 2.36 bits per heavy atom. The summed E-state index contributed by atoms with van der Waals surface area (Å²) in [4.78, 5) is 23.4. The Hall–Kier alpha value is -1.70. The number of carboxylic acid groups (broad SMARTS) is 1. The first kappa shape index (κ1) is 10.4. The smallest absolute Gasteiger partial charge is 0.326 e. The van der Waals surface area contributed by atoms with E-state index < -0.39 is 18.0 Å². The minimum absolute atomic E-state index is 0.127. The van der Waals surface area contributed by atoms with Crippen molar-refractivity contribution < 1.29 is 14.7 Å². The van der Waals surface area contributed by atoms with E-state index in [2.05, 4.69) is 11.2 Å². The summed E-state index contributed by atoms with van der Waals surface area (Å²) in [7, 11) is 0. The van der Waals surface area contributed by atoms with Crippen molar-refractivity contribution in [2.24, 2.45) is 0 Å². The molecule has 0 aromatic carbocycles. The van der Waals surface area contributed by atoms with Crippen LogP contribution in [-0.4, -0.2) is 41.1 Å². The summed E-state index contributed by atoms with van der Waals surface area (Å²) in [5.41, 5.74) is 0. The van der Waals surface area contributed by atoms with Gasteiger partial charge in [0, 0.05) is 6.54 Å². The monoisotopic (exact) mass is 196 g/mol. The third kappa shape index (κ3) is 2.16. The van der Waals surface area contributed by atoms with Gasteiger partial charge < -0.3 is 15.3 Å². The lowest BCUT2D eigenvalue weighted by atomic mass is 10.2. The number of hydrogen-bond donors (Lipinski definition) is 2. The molecule has 0 unspecified atom stereocenters. The van der Waals surface area contributed by atoms with Gasteiger partial charge in [-0.25, -0.2) is 9.59 Å². The van der Waals surface area contributed by atoms with Crippen LogP contribution in [0.4, 0.5) is 4.79 Å². The number of rotatable bonds is 2. The van der Waals surface area contributed by atoms with Gasteiger partial charge in [0.05, 0.1) is 6.54 Å². The predicted molar refractivity (Wildman–Crippen MR) is 49.6 cm³/mol. The van der Waals surface area contributed by atoms with Gasteiger partial charge in [-0.15, -0.1) is 6.42 Å². The summed E-state index contributed by atoms with van der Waals surface area (Å²) in [5.74, 6) is 1.30. The normalized spacial score (nSPS) is 20.2. The maximum Gasteiger partial charge on any atom is 0.326 e. The molecule has 1 atom stereocenters.